The Morgan fingerprint density at radius 2 is 1.95 bits per heavy atom. The van der Waals surface area contributed by atoms with Crippen LogP contribution < -0.4 is 5.32 Å². The van der Waals surface area contributed by atoms with E-state index in [0.717, 1.165) is 38.6 Å². The molecule has 2 aliphatic rings. The molecular weight excluding hydrogens is 242 g/mol. The molecule has 5 heteroatoms. The maximum Gasteiger partial charge on any atom is 0.249 e. The molecule has 0 radical (unpaired) electrons. The van der Waals surface area contributed by atoms with Gasteiger partial charge in [-0.1, -0.05) is 12.8 Å². The average molecular weight is 267 g/mol. The summed E-state index contributed by atoms with van der Waals surface area (Å²) in [4.78, 5) is 28.5. The van der Waals surface area contributed by atoms with Crippen molar-refractivity contribution in [3.8, 4) is 0 Å². The fraction of sp³-hybridized carbons (Fsp3) is 0.857. The molecule has 1 spiro atoms. The van der Waals surface area contributed by atoms with Gasteiger partial charge in [-0.25, -0.2) is 0 Å². The summed E-state index contributed by atoms with van der Waals surface area (Å²) in [6, 6.07) is 0.124. The number of hydrogen-bond donors (Lipinski definition) is 1. The first-order chi connectivity index (χ1) is 8.94. The van der Waals surface area contributed by atoms with Crippen molar-refractivity contribution < 1.29 is 9.59 Å². The minimum absolute atomic E-state index is 0.00166. The Morgan fingerprint density at radius 3 is 2.53 bits per heavy atom. The van der Waals surface area contributed by atoms with E-state index in [-0.39, 0.29) is 24.4 Å². The molecule has 0 aromatic carbocycles. The molecule has 1 aliphatic heterocycles. The Balaban J connectivity index is 2.07. The summed E-state index contributed by atoms with van der Waals surface area (Å²) in [6.45, 7) is 3.19. The SMILES string of the molecule is CC(CCN(C)C)N1CC(=O)NC2(CCCC2)C1=O. The van der Waals surface area contributed by atoms with E-state index in [0.29, 0.717) is 0 Å². The largest absolute Gasteiger partial charge is 0.340 e. The fourth-order valence-electron chi connectivity index (χ4n) is 3.14. The van der Waals surface area contributed by atoms with Gasteiger partial charge in [0.2, 0.25) is 11.8 Å². The molecule has 1 atom stereocenters. The monoisotopic (exact) mass is 267 g/mol. The predicted octanol–water partition coefficient (Wildman–Crippen LogP) is 0.598. The molecule has 19 heavy (non-hydrogen) atoms. The highest BCUT2D eigenvalue weighted by molar-refractivity contribution is 5.98. The third-order valence-corrected chi connectivity index (χ3v) is 4.35. The average Bonchev–Trinajstić information content (AvgIpc) is 2.80. The van der Waals surface area contributed by atoms with Crippen LogP contribution in [0.1, 0.15) is 39.0 Å². The van der Waals surface area contributed by atoms with E-state index in [1.54, 1.807) is 4.90 Å². The molecule has 2 fully saturated rings. The number of hydrogen-bond acceptors (Lipinski definition) is 3. The van der Waals surface area contributed by atoms with E-state index in [4.69, 9.17) is 0 Å². The van der Waals surface area contributed by atoms with E-state index >= 15 is 0 Å². The number of amides is 2. The summed E-state index contributed by atoms with van der Waals surface area (Å²) in [7, 11) is 4.05. The minimum Gasteiger partial charge on any atom is -0.340 e. The number of nitrogens with zero attached hydrogens (tertiary/aromatic N) is 2. The van der Waals surface area contributed by atoms with E-state index in [2.05, 4.69) is 10.2 Å². The normalized spacial score (nSPS) is 24.1. The van der Waals surface area contributed by atoms with E-state index in [9.17, 15) is 9.59 Å². The first-order valence-electron chi connectivity index (χ1n) is 7.21. The van der Waals surface area contributed by atoms with Gasteiger partial charge in [0.1, 0.15) is 5.54 Å². The molecular formula is C14H25N3O2. The molecule has 1 saturated carbocycles. The van der Waals surface area contributed by atoms with E-state index in [1.807, 2.05) is 21.0 Å². The second kappa shape index (κ2) is 5.49. The van der Waals surface area contributed by atoms with Crippen molar-refractivity contribution in [1.29, 1.82) is 0 Å². The zero-order chi connectivity index (χ0) is 14.0. The Morgan fingerprint density at radius 1 is 1.32 bits per heavy atom. The van der Waals surface area contributed by atoms with Crippen LogP contribution in [0.2, 0.25) is 0 Å². The van der Waals surface area contributed by atoms with Gasteiger partial charge in [0.05, 0.1) is 6.54 Å². The highest BCUT2D eigenvalue weighted by Crippen LogP contribution is 2.34. The summed E-state index contributed by atoms with van der Waals surface area (Å²) < 4.78 is 0. The second-order valence-corrected chi connectivity index (χ2v) is 6.21. The van der Waals surface area contributed by atoms with Crippen molar-refractivity contribution in [2.24, 2.45) is 0 Å². The summed E-state index contributed by atoms with van der Waals surface area (Å²) in [5.41, 5.74) is -0.582. The summed E-state index contributed by atoms with van der Waals surface area (Å²) in [5, 5.41) is 2.95. The number of rotatable bonds is 4. The lowest BCUT2D eigenvalue weighted by Gasteiger charge is -2.42. The zero-order valence-electron chi connectivity index (χ0n) is 12.2. The molecule has 108 valence electrons. The van der Waals surface area contributed by atoms with Crippen molar-refractivity contribution in [2.75, 3.05) is 27.2 Å². The van der Waals surface area contributed by atoms with Crippen LogP contribution in [0.3, 0.4) is 0 Å². The lowest BCUT2D eigenvalue weighted by atomic mass is 9.92. The summed E-state index contributed by atoms with van der Waals surface area (Å²) in [6.07, 6.45) is 4.57. The van der Waals surface area contributed by atoms with Crippen LogP contribution in [-0.2, 0) is 9.59 Å². The lowest BCUT2D eigenvalue weighted by Crippen LogP contribution is -2.67. The third-order valence-electron chi connectivity index (χ3n) is 4.35. The minimum atomic E-state index is -0.582. The highest BCUT2D eigenvalue weighted by atomic mass is 16.2. The van der Waals surface area contributed by atoms with Crippen LogP contribution in [-0.4, -0.2) is 60.4 Å². The molecule has 2 rings (SSSR count). The van der Waals surface area contributed by atoms with Crippen molar-refractivity contribution in [3.63, 3.8) is 0 Å². The standard InChI is InChI=1S/C14H25N3O2/c1-11(6-9-16(2)3)17-10-12(18)15-14(13(17)19)7-4-5-8-14/h11H,4-10H2,1-3H3,(H,15,18). The van der Waals surface area contributed by atoms with Gasteiger partial charge in [-0.3, -0.25) is 9.59 Å². The first kappa shape index (κ1) is 14.3. The van der Waals surface area contributed by atoms with Crippen LogP contribution in [0.25, 0.3) is 0 Å². The molecule has 1 unspecified atom stereocenters. The molecule has 5 nitrogen and oxygen atoms in total. The van der Waals surface area contributed by atoms with Gasteiger partial charge in [-0.2, -0.15) is 0 Å². The molecule has 2 amide bonds. The maximum atomic E-state index is 12.7. The smallest absolute Gasteiger partial charge is 0.249 e. The molecule has 0 bridgehead atoms. The van der Waals surface area contributed by atoms with Crippen molar-refractivity contribution >= 4 is 11.8 Å². The van der Waals surface area contributed by atoms with Gasteiger partial charge in [0, 0.05) is 6.04 Å². The Bertz CT molecular complexity index is 362. The van der Waals surface area contributed by atoms with Crippen LogP contribution in [0.5, 0.6) is 0 Å². The van der Waals surface area contributed by atoms with Crippen LogP contribution >= 0.6 is 0 Å². The third kappa shape index (κ3) is 2.91. The Hall–Kier alpha value is -1.10. The number of carbonyl (C=O) groups excluding carboxylic acids is 2. The van der Waals surface area contributed by atoms with Crippen molar-refractivity contribution in [1.82, 2.24) is 15.1 Å². The van der Waals surface area contributed by atoms with Gasteiger partial charge < -0.3 is 15.1 Å². The van der Waals surface area contributed by atoms with Crippen molar-refractivity contribution in [2.45, 2.75) is 50.6 Å². The first-order valence-corrected chi connectivity index (χ1v) is 7.21. The highest BCUT2D eigenvalue weighted by Gasteiger charge is 2.49. The van der Waals surface area contributed by atoms with E-state index < -0.39 is 5.54 Å². The van der Waals surface area contributed by atoms with Gasteiger partial charge in [0.15, 0.2) is 0 Å². The van der Waals surface area contributed by atoms with Gasteiger partial charge in [-0.05, 0) is 46.8 Å². The summed E-state index contributed by atoms with van der Waals surface area (Å²) in [5.74, 6) is 0.133. The number of carbonyl (C=O) groups is 2. The fourth-order valence-corrected chi connectivity index (χ4v) is 3.14. The van der Waals surface area contributed by atoms with Crippen LogP contribution in [0, 0.1) is 0 Å². The molecule has 1 saturated heterocycles. The van der Waals surface area contributed by atoms with Gasteiger partial charge in [0.25, 0.3) is 0 Å². The molecule has 0 aromatic rings. The Labute approximate surface area is 115 Å². The van der Waals surface area contributed by atoms with Crippen molar-refractivity contribution in [3.05, 3.63) is 0 Å². The zero-order valence-corrected chi connectivity index (χ0v) is 12.2. The maximum absolute atomic E-state index is 12.7. The lowest BCUT2D eigenvalue weighted by molar-refractivity contribution is -0.152. The quantitative estimate of drug-likeness (QED) is 0.811. The molecule has 1 N–H and O–H groups in total. The van der Waals surface area contributed by atoms with Crippen LogP contribution in [0.15, 0.2) is 0 Å². The molecule has 0 aromatic heterocycles. The predicted molar refractivity (Wildman–Crippen MR) is 73.7 cm³/mol. The van der Waals surface area contributed by atoms with Gasteiger partial charge in [-0.15, -0.1) is 0 Å². The molecule has 1 heterocycles. The number of piperazine rings is 1. The Kier molecular flexibility index (Phi) is 4.13. The second-order valence-electron chi connectivity index (χ2n) is 6.21. The number of nitrogens with one attached hydrogen (secondary N) is 1. The van der Waals surface area contributed by atoms with E-state index in [1.165, 1.54) is 0 Å². The topological polar surface area (TPSA) is 52.6 Å². The summed E-state index contributed by atoms with van der Waals surface area (Å²) >= 11 is 0. The van der Waals surface area contributed by atoms with Crippen LogP contribution in [0.4, 0.5) is 0 Å². The van der Waals surface area contributed by atoms with Gasteiger partial charge >= 0.3 is 0 Å². The molecule has 1 aliphatic carbocycles.